The summed E-state index contributed by atoms with van der Waals surface area (Å²) in [5.74, 6) is 0.181. The third-order valence-electron chi connectivity index (χ3n) is 3.79. The molecule has 2 amide bonds. The van der Waals surface area contributed by atoms with Gasteiger partial charge in [-0.15, -0.1) is 0 Å². The molecule has 0 radical (unpaired) electrons. The maximum atomic E-state index is 12.3. The zero-order chi connectivity index (χ0) is 13.0. The van der Waals surface area contributed by atoms with Crippen molar-refractivity contribution in [1.29, 1.82) is 0 Å². The number of hydrogen-bond acceptors (Lipinski definition) is 3. The van der Waals surface area contributed by atoms with Crippen molar-refractivity contribution in [3.63, 3.8) is 0 Å². The van der Waals surface area contributed by atoms with Crippen molar-refractivity contribution in [3.05, 3.63) is 0 Å². The highest BCUT2D eigenvalue weighted by Gasteiger charge is 2.30. The van der Waals surface area contributed by atoms with Crippen LogP contribution in [0.25, 0.3) is 0 Å². The molecule has 0 bridgehead atoms. The number of likely N-dealkylation sites (tertiary alicyclic amines) is 2. The van der Waals surface area contributed by atoms with Crippen molar-refractivity contribution < 1.29 is 14.3 Å². The molecule has 0 aromatic carbocycles. The average Bonchev–Trinajstić information content (AvgIpc) is 2.81. The van der Waals surface area contributed by atoms with E-state index >= 15 is 0 Å². The molecule has 5 nitrogen and oxygen atoms in total. The first-order chi connectivity index (χ1) is 8.72. The number of nitrogens with zero attached hydrogens (tertiary/aromatic N) is 2. The quantitative estimate of drug-likeness (QED) is 0.739. The molecule has 0 N–H and O–H groups in total. The van der Waals surface area contributed by atoms with Gasteiger partial charge in [-0.25, -0.2) is 0 Å². The van der Waals surface area contributed by atoms with Gasteiger partial charge in [0.15, 0.2) is 6.10 Å². The van der Waals surface area contributed by atoms with E-state index in [9.17, 15) is 9.59 Å². The maximum absolute atomic E-state index is 12.3. The molecule has 2 fully saturated rings. The van der Waals surface area contributed by atoms with Gasteiger partial charge in [-0.05, 0) is 25.7 Å². The monoisotopic (exact) mass is 254 g/mol. The molecule has 0 aliphatic carbocycles. The number of carbonyl (C=O) groups excluding carboxylic acids is 2. The Kier molecular flexibility index (Phi) is 4.58. The molecule has 0 saturated carbocycles. The lowest BCUT2D eigenvalue weighted by Crippen LogP contribution is -2.47. The van der Waals surface area contributed by atoms with Crippen LogP contribution in [0.4, 0.5) is 0 Å². The van der Waals surface area contributed by atoms with E-state index in [-0.39, 0.29) is 11.8 Å². The number of ether oxygens (including phenoxy) is 1. The van der Waals surface area contributed by atoms with Crippen LogP contribution in [0.5, 0.6) is 0 Å². The first-order valence-corrected chi connectivity index (χ1v) is 6.81. The summed E-state index contributed by atoms with van der Waals surface area (Å²) >= 11 is 0. The molecule has 0 aromatic heterocycles. The molecule has 2 heterocycles. The van der Waals surface area contributed by atoms with Crippen LogP contribution in [-0.2, 0) is 14.3 Å². The van der Waals surface area contributed by atoms with Gasteiger partial charge < -0.3 is 14.5 Å². The Morgan fingerprint density at radius 1 is 1.22 bits per heavy atom. The summed E-state index contributed by atoms with van der Waals surface area (Å²) in [6.45, 7) is 2.82. The Hall–Kier alpha value is -1.10. The molecular weight excluding hydrogens is 232 g/mol. The van der Waals surface area contributed by atoms with Crippen LogP contribution in [0.15, 0.2) is 0 Å². The van der Waals surface area contributed by atoms with Crippen LogP contribution in [0.3, 0.4) is 0 Å². The van der Waals surface area contributed by atoms with Crippen LogP contribution in [0.1, 0.15) is 32.1 Å². The molecule has 2 aliphatic heterocycles. The topological polar surface area (TPSA) is 49.9 Å². The van der Waals surface area contributed by atoms with Gasteiger partial charge in [0.05, 0.1) is 6.54 Å². The fourth-order valence-corrected chi connectivity index (χ4v) is 2.67. The first kappa shape index (κ1) is 13.3. The Morgan fingerprint density at radius 2 is 1.94 bits per heavy atom. The molecule has 0 aromatic rings. The summed E-state index contributed by atoms with van der Waals surface area (Å²) in [5, 5.41) is 0. The van der Waals surface area contributed by atoms with Gasteiger partial charge >= 0.3 is 0 Å². The Labute approximate surface area is 108 Å². The van der Waals surface area contributed by atoms with E-state index in [1.54, 1.807) is 12.0 Å². The fraction of sp³-hybridized carbons (Fsp3) is 0.846. The van der Waals surface area contributed by atoms with Crippen molar-refractivity contribution in [3.8, 4) is 0 Å². The van der Waals surface area contributed by atoms with Crippen LogP contribution >= 0.6 is 0 Å². The summed E-state index contributed by atoms with van der Waals surface area (Å²) in [6, 6.07) is 0. The highest BCUT2D eigenvalue weighted by atomic mass is 16.5. The molecule has 2 rings (SSSR count). The predicted molar refractivity (Wildman–Crippen MR) is 67.0 cm³/mol. The van der Waals surface area contributed by atoms with E-state index in [0.717, 1.165) is 38.9 Å². The van der Waals surface area contributed by atoms with Crippen molar-refractivity contribution in [2.75, 3.05) is 33.3 Å². The number of hydrogen-bond donors (Lipinski definition) is 0. The third-order valence-corrected chi connectivity index (χ3v) is 3.79. The second kappa shape index (κ2) is 6.18. The SMILES string of the molecule is COC(CN1CCCC1=O)C(=O)N1CCCCC1. The Balaban J connectivity index is 1.90. The smallest absolute Gasteiger partial charge is 0.253 e. The van der Waals surface area contributed by atoms with Gasteiger partial charge in [0, 0.05) is 33.2 Å². The van der Waals surface area contributed by atoms with E-state index in [4.69, 9.17) is 4.74 Å². The van der Waals surface area contributed by atoms with Gasteiger partial charge in [-0.2, -0.15) is 0 Å². The normalized spacial score (nSPS) is 22.4. The largest absolute Gasteiger partial charge is 0.370 e. The third kappa shape index (κ3) is 3.02. The zero-order valence-electron chi connectivity index (χ0n) is 11.1. The summed E-state index contributed by atoms with van der Waals surface area (Å²) in [7, 11) is 1.55. The van der Waals surface area contributed by atoms with E-state index in [1.807, 2.05) is 4.90 Å². The molecule has 2 aliphatic rings. The Morgan fingerprint density at radius 3 is 2.50 bits per heavy atom. The lowest BCUT2D eigenvalue weighted by molar-refractivity contribution is -0.145. The lowest BCUT2D eigenvalue weighted by atomic mass is 10.1. The number of amides is 2. The van der Waals surface area contributed by atoms with Gasteiger partial charge in [0.2, 0.25) is 5.91 Å². The fourth-order valence-electron chi connectivity index (χ4n) is 2.67. The van der Waals surface area contributed by atoms with Crippen molar-refractivity contribution in [2.24, 2.45) is 0 Å². The minimum absolute atomic E-state index is 0.0388. The van der Waals surface area contributed by atoms with Crippen LogP contribution in [0.2, 0.25) is 0 Å². The van der Waals surface area contributed by atoms with Crippen LogP contribution < -0.4 is 0 Å². The highest BCUT2D eigenvalue weighted by Crippen LogP contribution is 2.14. The molecule has 5 heteroatoms. The second-order valence-corrected chi connectivity index (χ2v) is 5.05. The lowest BCUT2D eigenvalue weighted by Gasteiger charge is -2.31. The summed E-state index contributed by atoms with van der Waals surface area (Å²) in [6.07, 6.45) is 4.36. The number of rotatable bonds is 4. The number of carbonyl (C=O) groups is 2. The number of methoxy groups -OCH3 is 1. The van der Waals surface area contributed by atoms with E-state index in [1.165, 1.54) is 6.42 Å². The molecule has 1 unspecified atom stereocenters. The number of piperidine rings is 1. The van der Waals surface area contributed by atoms with E-state index in [0.29, 0.717) is 13.0 Å². The van der Waals surface area contributed by atoms with Crippen LogP contribution in [0, 0.1) is 0 Å². The predicted octanol–water partition coefficient (Wildman–Crippen LogP) is 0.636. The molecule has 0 spiro atoms. The summed E-state index contributed by atoms with van der Waals surface area (Å²) in [4.78, 5) is 27.5. The second-order valence-electron chi connectivity index (χ2n) is 5.05. The van der Waals surface area contributed by atoms with Crippen LogP contribution in [-0.4, -0.2) is 61.0 Å². The minimum Gasteiger partial charge on any atom is -0.370 e. The van der Waals surface area contributed by atoms with Crippen molar-refractivity contribution in [2.45, 2.75) is 38.2 Å². The van der Waals surface area contributed by atoms with Gasteiger partial charge in [-0.3, -0.25) is 9.59 Å². The molecular formula is C13H22N2O3. The Bertz CT molecular complexity index is 313. The average molecular weight is 254 g/mol. The highest BCUT2D eigenvalue weighted by molar-refractivity contribution is 5.83. The van der Waals surface area contributed by atoms with Gasteiger partial charge in [-0.1, -0.05) is 0 Å². The van der Waals surface area contributed by atoms with Gasteiger partial charge in [0.1, 0.15) is 0 Å². The molecule has 102 valence electrons. The molecule has 18 heavy (non-hydrogen) atoms. The maximum Gasteiger partial charge on any atom is 0.253 e. The van der Waals surface area contributed by atoms with E-state index in [2.05, 4.69) is 0 Å². The summed E-state index contributed by atoms with van der Waals surface area (Å²) < 4.78 is 5.29. The van der Waals surface area contributed by atoms with Crippen molar-refractivity contribution >= 4 is 11.8 Å². The van der Waals surface area contributed by atoms with E-state index < -0.39 is 6.10 Å². The molecule has 1 atom stereocenters. The standard InChI is InChI=1S/C13H22N2O3/c1-18-11(10-15-9-5-6-12(15)16)13(17)14-7-3-2-4-8-14/h11H,2-10H2,1H3. The summed E-state index contributed by atoms with van der Waals surface area (Å²) in [5.41, 5.74) is 0. The van der Waals surface area contributed by atoms with Crippen molar-refractivity contribution in [1.82, 2.24) is 9.80 Å². The molecule has 2 saturated heterocycles. The first-order valence-electron chi connectivity index (χ1n) is 6.81. The van der Waals surface area contributed by atoms with Gasteiger partial charge in [0.25, 0.3) is 5.91 Å². The minimum atomic E-state index is -0.495. The zero-order valence-corrected chi connectivity index (χ0v) is 11.1.